The first-order valence-electron chi connectivity index (χ1n) is 6.87. The van der Waals surface area contributed by atoms with Crippen LogP contribution in [0.5, 0.6) is 0 Å². The van der Waals surface area contributed by atoms with Gasteiger partial charge < -0.3 is 14.0 Å². The van der Waals surface area contributed by atoms with Gasteiger partial charge in [-0.3, -0.25) is 0 Å². The van der Waals surface area contributed by atoms with Crippen molar-refractivity contribution >= 4 is 16.9 Å². The molecule has 4 heteroatoms. The lowest BCUT2D eigenvalue weighted by Gasteiger charge is -2.16. The van der Waals surface area contributed by atoms with Crippen molar-refractivity contribution in [3.05, 3.63) is 35.5 Å². The van der Waals surface area contributed by atoms with E-state index in [0.29, 0.717) is 18.8 Å². The third kappa shape index (κ3) is 2.43. The number of hydrogen-bond acceptors (Lipinski definition) is 3. The normalized spacial score (nSPS) is 12.6. The van der Waals surface area contributed by atoms with E-state index in [0.717, 1.165) is 16.6 Å². The highest BCUT2D eigenvalue weighted by atomic mass is 16.5. The van der Waals surface area contributed by atoms with Gasteiger partial charge in [0.15, 0.2) is 0 Å². The van der Waals surface area contributed by atoms with Crippen molar-refractivity contribution in [3.8, 4) is 0 Å². The van der Waals surface area contributed by atoms with Gasteiger partial charge in [0.25, 0.3) is 0 Å². The average molecular weight is 275 g/mol. The van der Waals surface area contributed by atoms with Crippen molar-refractivity contribution in [2.45, 2.75) is 26.8 Å². The number of carbonyl (C=O) groups excluding carboxylic acids is 1. The number of esters is 1. The molecule has 0 aliphatic heterocycles. The zero-order valence-electron chi connectivity index (χ0n) is 12.5. The summed E-state index contributed by atoms with van der Waals surface area (Å²) in [6, 6.07) is 8.07. The summed E-state index contributed by atoms with van der Waals surface area (Å²) >= 11 is 0. The number of rotatable bonds is 5. The number of ether oxygens (including phenoxy) is 2. The van der Waals surface area contributed by atoms with Crippen molar-refractivity contribution in [2.75, 3.05) is 20.3 Å². The molecule has 20 heavy (non-hydrogen) atoms. The average Bonchev–Trinajstić information content (AvgIpc) is 2.71. The van der Waals surface area contributed by atoms with Crippen molar-refractivity contribution in [1.29, 1.82) is 0 Å². The lowest BCUT2D eigenvalue weighted by atomic mass is 10.1. The van der Waals surface area contributed by atoms with Crippen LogP contribution in [0.15, 0.2) is 24.3 Å². The molecule has 0 saturated heterocycles. The number of hydrogen-bond donors (Lipinski definition) is 0. The van der Waals surface area contributed by atoms with Crippen LogP contribution in [0, 0.1) is 6.92 Å². The van der Waals surface area contributed by atoms with E-state index < -0.39 is 0 Å². The minimum atomic E-state index is -0.260. The quantitative estimate of drug-likeness (QED) is 0.786. The second kappa shape index (κ2) is 6.09. The molecule has 0 bridgehead atoms. The van der Waals surface area contributed by atoms with Gasteiger partial charge in [-0.25, -0.2) is 4.79 Å². The standard InChI is InChI=1S/C16H21NO3/c1-5-20-16(18)15-12(3)17(11(2)10-19-4)14-9-7-6-8-13(14)15/h6-9,11H,5,10H2,1-4H3. The molecule has 0 amide bonds. The maximum atomic E-state index is 12.2. The topological polar surface area (TPSA) is 40.5 Å². The lowest BCUT2D eigenvalue weighted by Crippen LogP contribution is -2.13. The van der Waals surface area contributed by atoms with E-state index >= 15 is 0 Å². The Labute approximate surface area is 119 Å². The summed E-state index contributed by atoms with van der Waals surface area (Å²) in [5, 5.41) is 0.936. The van der Waals surface area contributed by atoms with E-state index in [1.54, 1.807) is 7.11 Å². The SMILES string of the molecule is CCOC(=O)c1c(C)n(C(C)COC)c2ccccc12. The summed E-state index contributed by atoms with van der Waals surface area (Å²) in [4.78, 5) is 12.2. The van der Waals surface area contributed by atoms with Gasteiger partial charge in [-0.15, -0.1) is 0 Å². The van der Waals surface area contributed by atoms with E-state index in [1.807, 2.05) is 38.1 Å². The molecule has 0 saturated carbocycles. The van der Waals surface area contributed by atoms with Crippen LogP contribution in [0.25, 0.3) is 10.9 Å². The van der Waals surface area contributed by atoms with E-state index in [9.17, 15) is 4.79 Å². The summed E-state index contributed by atoms with van der Waals surface area (Å²) in [5.74, 6) is -0.260. The predicted octanol–water partition coefficient (Wildman–Crippen LogP) is 3.33. The summed E-state index contributed by atoms with van der Waals surface area (Å²) in [7, 11) is 1.68. The summed E-state index contributed by atoms with van der Waals surface area (Å²) in [6.07, 6.45) is 0. The van der Waals surface area contributed by atoms with E-state index in [-0.39, 0.29) is 12.0 Å². The molecule has 0 aliphatic carbocycles. The summed E-state index contributed by atoms with van der Waals surface area (Å²) < 4.78 is 12.6. The van der Waals surface area contributed by atoms with Gasteiger partial charge in [0.05, 0.1) is 24.8 Å². The second-order valence-electron chi connectivity index (χ2n) is 4.87. The molecule has 2 aromatic rings. The Kier molecular flexibility index (Phi) is 4.45. The monoisotopic (exact) mass is 275 g/mol. The van der Waals surface area contributed by atoms with Crippen LogP contribution in [-0.4, -0.2) is 30.9 Å². The fourth-order valence-electron chi connectivity index (χ4n) is 2.74. The van der Waals surface area contributed by atoms with Crippen molar-refractivity contribution in [1.82, 2.24) is 4.57 Å². The summed E-state index contributed by atoms with van der Waals surface area (Å²) in [5.41, 5.74) is 2.62. The highest BCUT2D eigenvalue weighted by molar-refractivity contribution is 6.06. The van der Waals surface area contributed by atoms with E-state index in [4.69, 9.17) is 9.47 Å². The van der Waals surface area contributed by atoms with Crippen molar-refractivity contribution in [2.24, 2.45) is 0 Å². The fraction of sp³-hybridized carbons (Fsp3) is 0.438. The van der Waals surface area contributed by atoms with Gasteiger partial charge in [0, 0.05) is 23.7 Å². The Hall–Kier alpha value is -1.81. The Morgan fingerprint density at radius 2 is 2.05 bits per heavy atom. The maximum absolute atomic E-state index is 12.2. The number of aromatic nitrogens is 1. The summed E-state index contributed by atoms with van der Waals surface area (Å²) in [6.45, 7) is 6.84. The number of nitrogens with zero attached hydrogens (tertiary/aromatic N) is 1. The zero-order valence-corrected chi connectivity index (χ0v) is 12.5. The molecule has 0 fully saturated rings. The highest BCUT2D eigenvalue weighted by Crippen LogP contribution is 2.29. The predicted molar refractivity (Wildman–Crippen MR) is 79.2 cm³/mol. The van der Waals surface area contributed by atoms with E-state index in [1.165, 1.54) is 0 Å². The molecule has 1 aromatic heterocycles. The van der Waals surface area contributed by atoms with Crippen LogP contribution in [0.1, 0.15) is 35.9 Å². The van der Waals surface area contributed by atoms with Crippen LogP contribution in [0.2, 0.25) is 0 Å². The molecule has 108 valence electrons. The number of methoxy groups -OCH3 is 1. The van der Waals surface area contributed by atoms with Crippen LogP contribution >= 0.6 is 0 Å². The first-order chi connectivity index (χ1) is 9.61. The number of carbonyl (C=O) groups is 1. The van der Waals surface area contributed by atoms with E-state index in [2.05, 4.69) is 11.5 Å². The molecule has 4 nitrogen and oxygen atoms in total. The Bertz CT molecular complexity index is 615. The number of para-hydroxylation sites is 1. The van der Waals surface area contributed by atoms with Crippen LogP contribution in [-0.2, 0) is 9.47 Å². The molecule has 2 rings (SSSR count). The molecule has 0 aliphatic rings. The van der Waals surface area contributed by atoms with Crippen molar-refractivity contribution in [3.63, 3.8) is 0 Å². The van der Waals surface area contributed by atoms with Gasteiger partial charge in [-0.1, -0.05) is 18.2 Å². The van der Waals surface area contributed by atoms with Gasteiger partial charge in [0.2, 0.25) is 0 Å². The fourth-order valence-corrected chi connectivity index (χ4v) is 2.74. The van der Waals surface area contributed by atoms with Crippen LogP contribution < -0.4 is 0 Å². The third-order valence-electron chi connectivity index (χ3n) is 3.48. The zero-order chi connectivity index (χ0) is 14.7. The molecule has 1 unspecified atom stereocenters. The van der Waals surface area contributed by atoms with Crippen molar-refractivity contribution < 1.29 is 14.3 Å². The number of benzene rings is 1. The smallest absolute Gasteiger partial charge is 0.340 e. The second-order valence-corrected chi connectivity index (χ2v) is 4.87. The highest BCUT2D eigenvalue weighted by Gasteiger charge is 2.22. The Balaban J connectivity index is 2.64. The largest absolute Gasteiger partial charge is 0.462 e. The maximum Gasteiger partial charge on any atom is 0.340 e. The Morgan fingerprint density at radius 1 is 1.35 bits per heavy atom. The first-order valence-corrected chi connectivity index (χ1v) is 6.87. The first kappa shape index (κ1) is 14.6. The van der Waals surface area contributed by atoms with Gasteiger partial charge in [-0.2, -0.15) is 0 Å². The number of fused-ring (bicyclic) bond motifs is 1. The molecule has 0 N–H and O–H groups in total. The Morgan fingerprint density at radius 3 is 2.70 bits per heavy atom. The molecule has 0 spiro atoms. The molecular formula is C16H21NO3. The molecule has 1 heterocycles. The van der Waals surface area contributed by atoms with Gasteiger partial charge >= 0.3 is 5.97 Å². The lowest BCUT2D eigenvalue weighted by molar-refractivity contribution is 0.0527. The minimum absolute atomic E-state index is 0.160. The minimum Gasteiger partial charge on any atom is -0.462 e. The van der Waals surface area contributed by atoms with Crippen LogP contribution in [0.4, 0.5) is 0 Å². The van der Waals surface area contributed by atoms with Gasteiger partial charge in [0.1, 0.15) is 0 Å². The molecule has 1 atom stereocenters. The van der Waals surface area contributed by atoms with Crippen LogP contribution in [0.3, 0.4) is 0 Å². The molecule has 0 radical (unpaired) electrons. The third-order valence-corrected chi connectivity index (χ3v) is 3.48. The van der Waals surface area contributed by atoms with Gasteiger partial charge in [-0.05, 0) is 26.8 Å². The molecular weight excluding hydrogens is 254 g/mol. The molecule has 1 aromatic carbocycles.